The van der Waals surface area contributed by atoms with Crippen LogP contribution in [-0.2, 0) is 6.18 Å². The molecule has 1 aromatic carbocycles. The molecule has 0 saturated heterocycles. The lowest BCUT2D eigenvalue weighted by Crippen LogP contribution is -2.23. The number of alkyl halides is 5. The van der Waals surface area contributed by atoms with Crippen LogP contribution in [0.5, 0.6) is 0 Å². The van der Waals surface area contributed by atoms with Gasteiger partial charge < -0.3 is 5.73 Å². The second-order valence-corrected chi connectivity index (χ2v) is 3.78. The molecule has 7 heteroatoms. The molecule has 0 spiro atoms. The molecule has 0 saturated carbocycles. The fourth-order valence-corrected chi connectivity index (χ4v) is 1.82. The molecule has 0 bridgehead atoms. The number of halogens is 6. The van der Waals surface area contributed by atoms with Gasteiger partial charge in [-0.1, -0.05) is 17.7 Å². The van der Waals surface area contributed by atoms with Gasteiger partial charge in [0.1, 0.15) is 0 Å². The third-order valence-electron chi connectivity index (χ3n) is 2.29. The molecule has 0 heterocycles. The van der Waals surface area contributed by atoms with Gasteiger partial charge in [-0.15, -0.1) is 0 Å². The lowest BCUT2D eigenvalue weighted by molar-refractivity contribution is -0.138. The van der Waals surface area contributed by atoms with Gasteiger partial charge in [-0.3, -0.25) is 0 Å². The molecule has 0 aliphatic heterocycles. The minimum atomic E-state index is -4.73. The Kier molecular flexibility index (Phi) is 4.32. The molecule has 1 nitrogen and oxygen atoms in total. The molecule has 1 unspecified atom stereocenters. The van der Waals surface area contributed by atoms with Crippen LogP contribution in [0.1, 0.15) is 17.0 Å². The molecule has 1 rings (SSSR count). The van der Waals surface area contributed by atoms with E-state index in [1.165, 1.54) is 0 Å². The smallest absolute Gasteiger partial charge is 0.330 e. The number of hydrogen-bond acceptors (Lipinski definition) is 1. The van der Waals surface area contributed by atoms with Gasteiger partial charge >= 0.3 is 6.18 Å². The van der Waals surface area contributed by atoms with Gasteiger partial charge in [0.2, 0.25) is 6.43 Å². The highest BCUT2D eigenvalue weighted by molar-refractivity contribution is 6.31. The molecule has 1 atom stereocenters. The van der Waals surface area contributed by atoms with Crippen LogP contribution in [0, 0.1) is 0 Å². The Bertz CT molecular complexity index is 391. The SMILES string of the molecule is NCC(c1c(Cl)cccc1C(F)(F)F)C(F)F. The van der Waals surface area contributed by atoms with Crippen LogP contribution < -0.4 is 5.73 Å². The highest BCUT2D eigenvalue weighted by Crippen LogP contribution is 2.40. The van der Waals surface area contributed by atoms with E-state index >= 15 is 0 Å². The first-order chi connectivity index (χ1) is 7.79. The quantitative estimate of drug-likeness (QED) is 0.836. The molecule has 17 heavy (non-hydrogen) atoms. The molecule has 1 aromatic rings. The molecule has 0 aliphatic rings. The van der Waals surface area contributed by atoms with Crippen LogP contribution in [0.4, 0.5) is 22.0 Å². The Hall–Kier alpha value is -0.880. The molecule has 0 aliphatic carbocycles. The predicted molar refractivity (Wildman–Crippen MR) is 54.3 cm³/mol. The molecule has 96 valence electrons. The van der Waals surface area contributed by atoms with Crippen molar-refractivity contribution >= 4 is 11.6 Å². The predicted octanol–water partition coefficient (Wildman–Crippen LogP) is 3.67. The van der Waals surface area contributed by atoms with Gasteiger partial charge in [0.15, 0.2) is 0 Å². The fraction of sp³-hybridized carbons (Fsp3) is 0.400. The zero-order valence-electron chi connectivity index (χ0n) is 8.44. The lowest BCUT2D eigenvalue weighted by Gasteiger charge is -2.21. The summed E-state index contributed by atoms with van der Waals surface area (Å²) in [6, 6.07) is 2.91. The van der Waals surface area contributed by atoms with Gasteiger partial charge in [-0.25, -0.2) is 8.78 Å². The largest absolute Gasteiger partial charge is 0.416 e. The van der Waals surface area contributed by atoms with Crippen molar-refractivity contribution in [3.63, 3.8) is 0 Å². The summed E-state index contributed by atoms with van der Waals surface area (Å²) in [5, 5.41) is -0.351. The minimum Gasteiger partial charge on any atom is -0.330 e. The van der Waals surface area contributed by atoms with Crippen molar-refractivity contribution in [3.8, 4) is 0 Å². The third-order valence-corrected chi connectivity index (χ3v) is 2.62. The van der Waals surface area contributed by atoms with Crippen molar-refractivity contribution in [1.29, 1.82) is 0 Å². The Morgan fingerprint density at radius 2 is 1.82 bits per heavy atom. The van der Waals surface area contributed by atoms with Gasteiger partial charge in [0.25, 0.3) is 0 Å². The summed E-state index contributed by atoms with van der Waals surface area (Å²) in [4.78, 5) is 0. The van der Waals surface area contributed by atoms with Crippen LogP contribution >= 0.6 is 11.6 Å². The molecule has 0 aromatic heterocycles. The first-order valence-corrected chi connectivity index (χ1v) is 5.00. The maximum absolute atomic E-state index is 12.6. The monoisotopic (exact) mass is 273 g/mol. The molecular formula is C10H9ClF5N. The van der Waals surface area contributed by atoms with Gasteiger partial charge in [0, 0.05) is 11.6 Å². The highest BCUT2D eigenvalue weighted by Gasteiger charge is 2.38. The van der Waals surface area contributed by atoms with E-state index in [1.54, 1.807) is 0 Å². The van der Waals surface area contributed by atoms with Gasteiger partial charge in [-0.05, 0) is 17.7 Å². The lowest BCUT2D eigenvalue weighted by atomic mass is 9.94. The first kappa shape index (κ1) is 14.2. The Morgan fingerprint density at radius 3 is 2.24 bits per heavy atom. The van der Waals surface area contributed by atoms with E-state index in [9.17, 15) is 22.0 Å². The zero-order chi connectivity index (χ0) is 13.2. The summed E-state index contributed by atoms with van der Waals surface area (Å²) in [6.07, 6.45) is -7.73. The average Bonchev–Trinajstić information content (AvgIpc) is 2.19. The summed E-state index contributed by atoms with van der Waals surface area (Å²) in [5.74, 6) is -1.72. The zero-order valence-corrected chi connectivity index (χ0v) is 9.19. The van der Waals surface area contributed by atoms with E-state index in [0.717, 1.165) is 12.1 Å². The Labute approximate surface area is 99.4 Å². The van der Waals surface area contributed by atoms with Crippen LogP contribution in [0.25, 0.3) is 0 Å². The van der Waals surface area contributed by atoms with Crippen molar-refractivity contribution in [2.45, 2.75) is 18.5 Å². The van der Waals surface area contributed by atoms with E-state index in [1.807, 2.05) is 0 Å². The van der Waals surface area contributed by atoms with Crippen LogP contribution in [-0.4, -0.2) is 13.0 Å². The highest BCUT2D eigenvalue weighted by atomic mass is 35.5. The van der Waals surface area contributed by atoms with Crippen molar-refractivity contribution in [1.82, 2.24) is 0 Å². The van der Waals surface area contributed by atoms with E-state index in [-0.39, 0.29) is 5.02 Å². The normalized spacial score (nSPS) is 14.1. The van der Waals surface area contributed by atoms with E-state index < -0.39 is 36.2 Å². The molecular weight excluding hydrogens is 265 g/mol. The van der Waals surface area contributed by atoms with Crippen molar-refractivity contribution in [2.75, 3.05) is 6.54 Å². The third kappa shape index (κ3) is 3.07. The fourth-order valence-electron chi connectivity index (χ4n) is 1.51. The summed E-state index contributed by atoms with van der Waals surface area (Å²) >= 11 is 5.56. The summed E-state index contributed by atoms with van der Waals surface area (Å²) in [5.41, 5.74) is 3.28. The van der Waals surface area contributed by atoms with Crippen LogP contribution in [0.15, 0.2) is 18.2 Å². The summed E-state index contributed by atoms with van der Waals surface area (Å²) in [6.45, 7) is -0.607. The average molecular weight is 274 g/mol. The Balaban J connectivity index is 3.39. The van der Waals surface area contributed by atoms with Gasteiger partial charge in [0.05, 0.1) is 11.5 Å². The van der Waals surface area contributed by atoms with Crippen molar-refractivity contribution < 1.29 is 22.0 Å². The number of hydrogen-bond donors (Lipinski definition) is 1. The molecule has 0 amide bonds. The second kappa shape index (κ2) is 5.18. The molecule has 0 fully saturated rings. The summed E-state index contributed by atoms with van der Waals surface area (Å²) < 4.78 is 63.2. The summed E-state index contributed by atoms with van der Waals surface area (Å²) in [7, 11) is 0. The number of rotatable bonds is 3. The van der Waals surface area contributed by atoms with Crippen LogP contribution in [0.2, 0.25) is 5.02 Å². The van der Waals surface area contributed by atoms with E-state index in [4.69, 9.17) is 17.3 Å². The maximum Gasteiger partial charge on any atom is 0.416 e. The Morgan fingerprint density at radius 1 is 1.24 bits per heavy atom. The molecule has 0 radical (unpaired) electrons. The van der Waals surface area contributed by atoms with E-state index in [2.05, 4.69) is 0 Å². The number of benzene rings is 1. The van der Waals surface area contributed by atoms with Crippen molar-refractivity contribution in [3.05, 3.63) is 34.3 Å². The topological polar surface area (TPSA) is 26.0 Å². The second-order valence-electron chi connectivity index (χ2n) is 3.38. The standard InChI is InChI=1S/C10H9ClF5N/c11-7-3-1-2-6(10(14,15)16)8(7)5(4-17)9(12)13/h1-3,5,9H,4,17H2. The van der Waals surface area contributed by atoms with Gasteiger partial charge in [-0.2, -0.15) is 13.2 Å². The first-order valence-electron chi connectivity index (χ1n) is 4.62. The minimum absolute atomic E-state index is 0.351. The maximum atomic E-state index is 12.6. The van der Waals surface area contributed by atoms with E-state index in [0.29, 0.717) is 6.07 Å². The van der Waals surface area contributed by atoms with Crippen molar-refractivity contribution in [2.24, 2.45) is 5.73 Å². The van der Waals surface area contributed by atoms with Crippen LogP contribution in [0.3, 0.4) is 0 Å². The molecule has 2 N–H and O–H groups in total. The number of nitrogens with two attached hydrogens (primary N) is 1.